The Hall–Kier alpha value is -1.88. The second-order valence-corrected chi connectivity index (χ2v) is 9.14. The Kier molecular flexibility index (Phi) is 8.94. The fourth-order valence-electron chi connectivity index (χ4n) is 3.95. The molecule has 2 aromatic carbocycles. The first-order valence-corrected chi connectivity index (χ1v) is 11.7. The van der Waals surface area contributed by atoms with Crippen molar-refractivity contribution < 1.29 is 9.59 Å². The topological polar surface area (TPSA) is 49.4 Å². The van der Waals surface area contributed by atoms with Crippen molar-refractivity contribution >= 4 is 34.9 Å². The van der Waals surface area contributed by atoms with Crippen LogP contribution >= 0.6 is 23.2 Å². The molecule has 1 N–H and O–H groups in total. The highest BCUT2D eigenvalue weighted by molar-refractivity contribution is 6.42. The second kappa shape index (κ2) is 11.7. The average molecular weight is 461 g/mol. The van der Waals surface area contributed by atoms with Crippen LogP contribution in [0.3, 0.4) is 0 Å². The maximum absolute atomic E-state index is 12.3. The van der Waals surface area contributed by atoms with Gasteiger partial charge in [-0.05, 0) is 62.3 Å². The molecule has 3 rings (SSSR count). The molecule has 1 aliphatic heterocycles. The van der Waals surface area contributed by atoms with Crippen LogP contribution in [-0.2, 0) is 17.8 Å². The molecule has 0 saturated carbocycles. The van der Waals surface area contributed by atoms with Crippen molar-refractivity contribution in [3.63, 3.8) is 0 Å². The number of amides is 1. The van der Waals surface area contributed by atoms with E-state index in [0.29, 0.717) is 16.5 Å². The number of nitrogens with zero attached hydrogens (tertiary/aromatic N) is 1. The Morgan fingerprint density at radius 3 is 2.29 bits per heavy atom. The van der Waals surface area contributed by atoms with E-state index in [2.05, 4.69) is 10.2 Å². The lowest BCUT2D eigenvalue weighted by molar-refractivity contribution is -0.122. The number of benzene rings is 2. The number of halogens is 2. The number of piperidine rings is 1. The predicted molar refractivity (Wildman–Crippen MR) is 127 cm³/mol. The first kappa shape index (κ1) is 23.8. The van der Waals surface area contributed by atoms with E-state index >= 15 is 0 Å². The highest BCUT2D eigenvalue weighted by atomic mass is 35.5. The van der Waals surface area contributed by atoms with Gasteiger partial charge in [-0.1, -0.05) is 53.5 Å². The number of nitrogens with one attached hydrogen (secondary N) is 1. The number of aryl methyl sites for hydroxylation is 1. The molecule has 0 unspecified atom stereocenters. The Balaban J connectivity index is 1.30. The van der Waals surface area contributed by atoms with Crippen molar-refractivity contribution in [2.24, 2.45) is 0 Å². The van der Waals surface area contributed by atoms with E-state index in [0.717, 1.165) is 62.9 Å². The molecular formula is C25H30Cl2N2O2. The summed E-state index contributed by atoms with van der Waals surface area (Å²) in [6, 6.07) is 13.8. The fraction of sp³-hybridized carbons (Fsp3) is 0.440. The van der Waals surface area contributed by atoms with Gasteiger partial charge in [0.1, 0.15) is 0 Å². The van der Waals surface area contributed by atoms with Crippen molar-refractivity contribution in [3.8, 4) is 0 Å². The van der Waals surface area contributed by atoms with E-state index < -0.39 is 0 Å². The molecular weight excluding hydrogens is 431 g/mol. The van der Waals surface area contributed by atoms with Crippen molar-refractivity contribution in [3.05, 3.63) is 69.2 Å². The maximum Gasteiger partial charge on any atom is 0.220 e. The van der Waals surface area contributed by atoms with Crippen LogP contribution in [0.15, 0.2) is 42.5 Å². The van der Waals surface area contributed by atoms with Crippen molar-refractivity contribution in [2.45, 2.75) is 58.0 Å². The Morgan fingerprint density at radius 1 is 0.968 bits per heavy atom. The van der Waals surface area contributed by atoms with Gasteiger partial charge in [0.15, 0.2) is 5.78 Å². The molecule has 0 aromatic heterocycles. The number of carbonyl (C=O) groups excluding carboxylic acids is 2. The van der Waals surface area contributed by atoms with Crippen LogP contribution in [-0.4, -0.2) is 35.7 Å². The lowest BCUT2D eigenvalue weighted by atomic mass is 10.0. The predicted octanol–water partition coefficient (Wildman–Crippen LogP) is 5.69. The van der Waals surface area contributed by atoms with E-state index in [9.17, 15) is 9.59 Å². The van der Waals surface area contributed by atoms with Crippen LogP contribution in [0.2, 0.25) is 10.0 Å². The summed E-state index contributed by atoms with van der Waals surface area (Å²) in [7, 11) is 0. The number of Topliss-reactive ketones (excluding diaryl/α,β-unsaturated/α-hetero) is 1. The van der Waals surface area contributed by atoms with Crippen LogP contribution in [0.25, 0.3) is 0 Å². The van der Waals surface area contributed by atoms with Crippen molar-refractivity contribution in [1.82, 2.24) is 10.2 Å². The first-order valence-electron chi connectivity index (χ1n) is 11.0. The second-order valence-electron chi connectivity index (χ2n) is 8.33. The molecule has 6 heteroatoms. The minimum absolute atomic E-state index is 0.0865. The third-order valence-corrected chi connectivity index (χ3v) is 6.56. The van der Waals surface area contributed by atoms with Gasteiger partial charge in [0.2, 0.25) is 5.91 Å². The van der Waals surface area contributed by atoms with Gasteiger partial charge in [0.05, 0.1) is 10.0 Å². The number of hydrogen-bond donors (Lipinski definition) is 1. The zero-order chi connectivity index (χ0) is 22.2. The molecule has 1 fully saturated rings. The van der Waals surface area contributed by atoms with Gasteiger partial charge >= 0.3 is 0 Å². The maximum atomic E-state index is 12.3. The summed E-state index contributed by atoms with van der Waals surface area (Å²) in [5.74, 6) is 0.235. The number of carbonyl (C=O) groups is 2. The van der Waals surface area contributed by atoms with Gasteiger partial charge < -0.3 is 5.32 Å². The molecule has 1 amide bonds. The third-order valence-electron chi connectivity index (χ3n) is 5.82. The van der Waals surface area contributed by atoms with Crippen LogP contribution in [0, 0.1) is 0 Å². The minimum Gasteiger partial charge on any atom is -0.353 e. The smallest absolute Gasteiger partial charge is 0.220 e. The molecule has 1 aliphatic rings. The van der Waals surface area contributed by atoms with Gasteiger partial charge in [-0.2, -0.15) is 0 Å². The normalized spacial score (nSPS) is 15.1. The highest BCUT2D eigenvalue weighted by Gasteiger charge is 2.20. The zero-order valence-electron chi connectivity index (χ0n) is 18.0. The molecule has 4 nitrogen and oxygen atoms in total. The molecule has 0 aliphatic carbocycles. The Labute approximate surface area is 194 Å². The summed E-state index contributed by atoms with van der Waals surface area (Å²) < 4.78 is 0. The minimum atomic E-state index is 0.0865. The summed E-state index contributed by atoms with van der Waals surface area (Å²) in [6.45, 7) is 4.35. The standard InChI is InChI=1S/C25H30Cl2N2O2/c1-18(30)21-9-6-19(7-10-21)4-2-3-5-25(31)28-22-12-14-29(15-13-22)17-20-8-11-23(26)24(27)16-20/h6-11,16,22H,2-5,12-15,17H2,1H3,(H,28,31). The molecule has 0 atom stereocenters. The number of likely N-dealkylation sites (tertiary alicyclic amines) is 1. The van der Waals surface area contributed by atoms with Gasteiger partial charge in [0, 0.05) is 37.7 Å². The number of ketones is 1. The Morgan fingerprint density at radius 2 is 1.65 bits per heavy atom. The summed E-state index contributed by atoms with van der Waals surface area (Å²) >= 11 is 12.1. The summed E-state index contributed by atoms with van der Waals surface area (Å²) in [5, 5.41) is 4.37. The van der Waals surface area contributed by atoms with Gasteiger partial charge in [0.25, 0.3) is 0 Å². The van der Waals surface area contributed by atoms with E-state index in [1.807, 2.05) is 42.5 Å². The summed E-state index contributed by atoms with van der Waals surface area (Å²) in [5.41, 5.74) is 3.11. The van der Waals surface area contributed by atoms with E-state index in [-0.39, 0.29) is 17.7 Å². The monoisotopic (exact) mass is 460 g/mol. The van der Waals surface area contributed by atoms with E-state index in [4.69, 9.17) is 23.2 Å². The number of hydrogen-bond acceptors (Lipinski definition) is 3. The fourth-order valence-corrected chi connectivity index (χ4v) is 4.27. The molecule has 166 valence electrons. The molecule has 1 heterocycles. The van der Waals surface area contributed by atoms with Gasteiger partial charge in [-0.3, -0.25) is 14.5 Å². The molecule has 0 bridgehead atoms. The number of rotatable bonds is 9. The van der Waals surface area contributed by atoms with Crippen molar-refractivity contribution in [2.75, 3.05) is 13.1 Å². The highest BCUT2D eigenvalue weighted by Crippen LogP contribution is 2.24. The van der Waals surface area contributed by atoms with Crippen molar-refractivity contribution in [1.29, 1.82) is 0 Å². The van der Waals surface area contributed by atoms with Crippen LogP contribution in [0.4, 0.5) is 0 Å². The molecule has 2 aromatic rings. The molecule has 0 spiro atoms. The van der Waals surface area contributed by atoms with Crippen LogP contribution < -0.4 is 5.32 Å². The van der Waals surface area contributed by atoms with Crippen LogP contribution in [0.5, 0.6) is 0 Å². The third kappa shape index (κ3) is 7.64. The quantitative estimate of drug-likeness (QED) is 0.386. The summed E-state index contributed by atoms with van der Waals surface area (Å²) in [4.78, 5) is 26.0. The lowest BCUT2D eigenvalue weighted by Crippen LogP contribution is -2.44. The molecule has 31 heavy (non-hydrogen) atoms. The van der Waals surface area contributed by atoms with Gasteiger partial charge in [-0.25, -0.2) is 0 Å². The Bertz CT molecular complexity index is 891. The largest absolute Gasteiger partial charge is 0.353 e. The van der Waals surface area contributed by atoms with E-state index in [1.54, 1.807) is 6.92 Å². The van der Waals surface area contributed by atoms with E-state index in [1.165, 1.54) is 5.56 Å². The zero-order valence-corrected chi connectivity index (χ0v) is 19.5. The molecule has 0 radical (unpaired) electrons. The first-order chi connectivity index (χ1) is 14.9. The van der Waals surface area contributed by atoms with Gasteiger partial charge in [-0.15, -0.1) is 0 Å². The average Bonchev–Trinajstić information content (AvgIpc) is 2.75. The SMILES string of the molecule is CC(=O)c1ccc(CCCCC(=O)NC2CCN(Cc3ccc(Cl)c(Cl)c3)CC2)cc1. The lowest BCUT2D eigenvalue weighted by Gasteiger charge is -2.32. The number of unbranched alkanes of at least 4 members (excludes halogenated alkanes) is 1. The summed E-state index contributed by atoms with van der Waals surface area (Å²) in [6.07, 6.45) is 5.27. The molecule has 1 saturated heterocycles. The van der Waals surface area contributed by atoms with Crippen LogP contribution in [0.1, 0.15) is 60.5 Å².